The molecular weight excluding hydrogens is 404 g/mol. The summed E-state index contributed by atoms with van der Waals surface area (Å²) in [6.07, 6.45) is 4.83. The van der Waals surface area contributed by atoms with Crippen LogP contribution in [0.25, 0.3) is 0 Å². The van der Waals surface area contributed by atoms with Crippen molar-refractivity contribution in [2.24, 2.45) is 0 Å². The summed E-state index contributed by atoms with van der Waals surface area (Å²) in [5.41, 5.74) is 0.898. The van der Waals surface area contributed by atoms with Gasteiger partial charge in [0.2, 0.25) is 0 Å². The molecule has 1 spiro atoms. The fourth-order valence-electron chi connectivity index (χ4n) is 5.07. The molecule has 2 aromatic rings. The van der Waals surface area contributed by atoms with E-state index in [0.29, 0.717) is 49.9 Å². The van der Waals surface area contributed by atoms with Gasteiger partial charge in [-0.1, -0.05) is 0 Å². The van der Waals surface area contributed by atoms with Crippen LogP contribution in [0.5, 0.6) is 0 Å². The van der Waals surface area contributed by atoms with E-state index in [1.807, 2.05) is 6.92 Å². The number of ether oxygens (including phenoxy) is 1. The minimum atomic E-state index is -0.976. The second-order valence-electron chi connectivity index (χ2n) is 8.56. The van der Waals surface area contributed by atoms with E-state index < -0.39 is 29.5 Å². The highest BCUT2D eigenvalue weighted by atomic mass is 19.1. The molecule has 5 rings (SSSR count). The second-order valence-corrected chi connectivity index (χ2v) is 8.56. The van der Waals surface area contributed by atoms with Crippen molar-refractivity contribution < 1.29 is 23.1 Å². The van der Waals surface area contributed by atoms with Gasteiger partial charge in [-0.25, -0.2) is 8.78 Å². The Labute approximate surface area is 178 Å². The molecule has 2 unspecified atom stereocenters. The van der Waals surface area contributed by atoms with Gasteiger partial charge in [0.1, 0.15) is 17.9 Å². The molecule has 0 aliphatic carbocycles. The lowest BCUT2D eigenvalue weighted by atomic mass is 9.89. The van der Waals surface area contributed by atoms with Crippen LogP contribution in [-0.4, -0.2) is 51.5 Å². The van der Waals surface area contributed by atoms with Crippen molar-refractivity contribution in [1.82, 2.24) is 14.8 Å². The quantitative estimate of drug-likeness (QED) is 0.737. The number of hydrogen-bond acceptors (Lipinski definition) is 4. The van der Waals surface area contributed by atoms with Gasteiger partial charge in [-0.3, -0.25) is 14.6 Å². The largest absolute Gasteiger partial charge is 0.342 e. The first kappa shape index (κ1) is 20.1. The zero-order valence-electron chi connectivity index (χ0n) is 17.2. The SMILES string of the molecule is Cc1ccncc1C(=O)N1CCC2(CC1)OC1CCC(c3cc(F)cc(F)c3)N1C2=O. The van der Waals surface area contributed by atoms with Crippen LogP contribution in [0.3, 0.4) is 0 Å². The van der Waals surface area contributed by atoms with Gasteiger partial charge in [-0.05, 0) is 49.1 Å². The molecule has 8 heteroatoms. The number of pyridine rings is 1. The summed E-state index contributed by atoms with van der Waals surface area (Å²) in [5, 5.41) is 0. The average molecular weight is 427 g/mol. The highest BCUT2D eigenvalue weighted by Gasteiger charge is 2.58. The van der Waals surface area contributed by atoms with Crippen LogP contribution >= 0.6 is 0 Å². The van der Waals surface area contributed by atoms with E-state index in [9.17, 15) is 18.4 Å². The van der Waals surface area contributed by atoms with Crippen LogP contribution in [-0.2, 0) is 9.53 Å². The highest BCUT2D eigenvalue weighted by Crippen LogP contribution is 2.47. The van der Waals surface area contributed by atoms with E-state index in [0.717, 1.165) is 11.6 Å². The van der Waals surface area contributed by atoms with Crippen molar-refractivity contribution in [3.8, 4) is 0 Å². The first-order chi connectivity index (χ1) is 14.9. The summed E-state index contributed by atoms with van der Waals surface area (Å²) < 4.78 is 33.7. The van der Waals surface area contributed by atoms with Crippen LogP contribution in [0.1, 0.15) is 53.2 Å². The van der Waals surface area contributed by atoms with Gasteiger partial charge in [0.25, 0.3) is 11.8 Å². The average Bonchev–Trinajstić information content (AvgIpc) is 3.26. The number of fused-ring (bicyclic) bond motifs is 1. The van der Waals surface area contributed by atoms with Gasteiger partial charge in [0.15, 0.2) is 5.60 Å². The van der Waals surface area contributed by atoms with Gasteiger partial charge < -0.3 is 14.5 Å². The molecule has 1 aromatic carbocycles. The van der Waals surface area contributed by atoms with Crippen molar-refractivity contribution in [1.29, 1.82) is 0 Å². The van der Waals surface area contributed by atoms with Crippen molar-refractivity contribution in [2.45, 2.75) is 50.5 Å². The number of amides is 2. The smallest absolute Gasteiger partial charge is 0.257 e. The van der Waals surface area contributed by atoms with Crippen LogP contribution in [0.2, 0.25) is 0 Å². The molecule has 4 heterocycles. The van der Waals surface area contributed by atoms with E-state index in [2.05, 4.69) is 4.98 Å². The molecule has 0 N–H and O–H groups in total. The van der Waals surface area contributed by atoms with Crippen molar-refractivity contribution in [3.63, 3.8) is 0 Å². The third-order valence-corrected chi connectivity index (χ3v) is 6.72. The number of benzene rings is 1. The molecule has 3 fully saturated rings. The highest BCUT2D eigenvalue weighted by molar-refractivity contribution is 5.96. The van der Waals surface area contributed by atoms with E-state index in [4.69, 9.17) is 4.74 Å². The predicted octanol–water partition coefficient (Wildman–Crippen LogP) is 3.36. The Morgan fingerprint density at radius 2 is 1.87 bits per heavy atom. The number of carbonyl (C=O) groups excluding carboxylic acids is 2. The molecule has 0 saturated carbocycles. The summed E-state index contributed by atoms with van der Waals surface area (Å²) in [6.45, 7) is 2.67. The van der Waals surface area contributed by atoms with E-state index >= 15 is 0 Å². The third-order valence-electron chi connectivity index (χ3n) is 6.72. The Morgan fingerprint density at radius 1 is 1.16 bits per heavy atom. The van der Waals surface area contributed by atoms with E-state index in [1.165, 1.54) is 12.1 Å². The molecule has 2 atom stereocenters. The molecule has 3 aliphatic heterocycles. The van der Waals surface area contributed by atoms with Gasteiger partial charge >= 0.3 is 0 Å². The summed E-state index contributed by atoms with van der Waals surface area (Å²) in [4.78, 5) is 33.7. The molecule has 6 nitrogen and oxygen atoms in total. The fourth-order valence-corrected chi connectivity index (χ4v) is 5.07. The normalized spacial score (nSPS) is 24.7. The maximum atomic E-state index is 13.7. The summed E-state index contributed by atoms with van der Waals surface area (Å²) >= 11 is 0. The summed E-state index contributed by atoms with van der Waals surface area (Å²) in [6, 6.07) is 4.79. The number of aromatic nitrogens is 1. The van der Waals surface area contributed by atoms with Crippen molar-refractivity contribution >= 4 is 11.8 Å². The molecule has 162 valence electrons. The maximum absolute atomic E-state index is 13.7. The number of aryl methyl sites for hydroxylation is 1. The minimum Gasteiger partial charge on any atom is -0.342 e. The molecule has 31 heavy (non-hydrogen) atoms. The lowest BCUT2D eigenvalue weighted by molar-refractivity contribution is -0.142. The number of rotatable bonds is 2. The predicted molar refractivity (Wildman–Crippen MR) is 107 cm³/mol. The number of carbonyl (C=O) groups is 2. The zero-order chi connectivity index (χ0) is 21.8. The van der Waals surface area contributed by atoms with Gasteiger partial charge in [0, 0.05) is 44.4 Å². The van der Waals surface area contributed by atoms with E-state index in [-0.39, 0.29) is 11.8 Å². The first-order valence-corrected chi connectivity index (χ1v) is 10.5. The number of likely N-dealkylation sites (tertiary alicyclic amines) is 1. The Morgan fingerprint density at radius 3 is 2.55 bits per heavy atom. The number of piperidine rings is 1. The molecule has 0 radical (unpaired) electrons. The molecule has 1 aromatic heterocycles. The molecule has 0 bridgehead atoms. The van der Waals surface area contributed by atoms with Crippen LogP contribution in [0.4, 0.5) is 8.78 Å². The standard InChI is InChI=1S/C23H23F2N3O3/c1-14-4-7-26-13-18(14)21(29)27-8-5-23(6-9-27)22(30)28-19(2-3-20(28)31-23)15-10-16(24)12-17(25)11-15/h4,7,10-13,19-20H,2-3,5-6,8-9H2,1H3. The Bertz CT molecular complexity index is 1030. The van der Waals surface area contributed by atoms with Gasteiger partial charge in [-0.2, -0.15) is 0 Å². The maximum Gasteiger partial charge on any atom is 0.257 e. The fraction of sp³-hybridized carbons (Fsp3) is 0.435. The Hall–Kier alpha value is -2.87. The Balaban J connectivity index is 1.32. The van der Waals surface area contributed by atoms with Crippen molar-refractivity contribution in [3.05, 3.63) is 65.0 Å². The number of halogens is 2. The lowest BCUT2D eigenvalue weighted by Gasteiger charge is -2.37. The molecular formula is C23H23F2N3O3. The van der Waals surface area contributed by atoms with Crippen molar-refractivity contribution in [2.75, 3.05) is 13.1 Å². The van der Waals surface area contributed by atoms with Crippen LogP contribution in [0.15, 0.2) is 36.7 Å². The summed E-state index contributed by atoms with van der Waals surface area (Å²) in [5.74, 6) is -1.55. The minimum absolute atomic E-state index is 0.0977. The van der Waals surface area contributed by atoms with Gasteiger partial charge in [0.05, 0.1) is 11.6 Å². The lowest BCUT2D eigenvalue weighted by Crippen LogP contribution is -2.51. The van der Waals surface area contributed by atoms with E-state index in [1.54, 1.807) is 28.3 Å². The Kier molecular flexibility index (Phi) is 4.77. The monoisotopic (exact) mass is 427 g/mol. The van der Waals surface area contributed by atoms with Crippen LogP contribution < -0.4 is 0 Å². The summed E-state index contributed by atoms with van der Waals surface area (Å²) in [7, 11) is 0. The third kappa shape index (κ3) is 3.29. The first-order valence-electron chi connectivity index (χ1n) is 10.5. The second kappa shape index (κ2) is 7.37. The number of nitrogens with zero attached hydrogens (tertiary/aromatic N) is 3. The molecule has 3 saturated heterocycles. The number of hydrogen-bond donors (Lipinski definition) is 0. The van der Waals surface area contributed by atoms with Gasteiger partial charge in [-0.15, -0.1) is 0 Å². The molecule has 3 aliphatic rings. The topological polar surface area (TPSA) is 62.7 Å². The molecule has 2 amide bonds. The zero-order valence-corrected chi connectivity index (χ0v) is 17.2. The van der Waals surface area contributed by atoms with Crippen LogP contribution in [0, 0.1) is 18.6 Å².